The number of halogens is 1. The molecule has 3 heteroatoms. The van der Waals surface area contributed by atoms with Crippen molar-refractivity contribution < 1.29 is 13.4 Å². The lowest BCUT2D eigenvalue weighted by atomic mass is 9.87. The van der Waals surface area contributed by atoms with Gasteiger partial charge in [-0.25, -0.2) is 8.96 Å². The van der Waals surface area contributed by atoms with Crippen molar-refractivity contribution in [3.05, 3.63) is 89.9 Å². The summed E-state index contributed by atoms with van der Waals surface area (Å²) in [5.41, 5.74) is 7.98. The van der Waals surface area contributed by atoms with E-state index in [1.807, 2.05) is 31.4 Å². The average molecular weight is 439 g/mol. The van der Waals surface area contributed by atoms with Crippen LogP contribution >= 0.6 is 0 Å². The number of nitrogens with zero attached hydrogens (tertiary/aromatic N) is 1. The molecule has 2 heterocycles. The van der Waals surface area contributed by atoms with Crippen LogP contribution in [0.2, 0.25) is 0 Å². The summed E-state index contributed by atoms with van der Waals surface area (Å²) >= 11 is 0. The van der Waals surface area contributed by atoms with Crippen LogP contribution in [0.3, 0.4) is 0 Å². The van der Waals surface area contributed by atoms with Gasteiger partial charge in [0.05, 0.1) is 5.56 Å². The molecule has 5 aromatic rings. The summed E-state index contributed by atoms with van der Waals surface area (Å²) in [5.74, 6) is -0.258. The van der Waals surface area contributed by atoms with E-state index >= 15 is 0 Å². The van der Waals surface area contributed by atoms with E-state index in [1.165, 1.54) is 5.56 Å². The monoisotopic (exact) mass is 438 g/mol. The van der Waals surface area contributed by atoms with Gasteiger partial charge in [-0.3, -0.25) is 0 Å². The highest BCUT2D eigenvalue weighted by Crippen LogP contribution is 2.41. The van der Waals surface area contributed by atoms with Gasteiger partial charge >= 0.3 is 0 Å². The van der Waals surface area contributed by atoms with Crippen LogP contribution in [0.4, 0.5) is 4.39 Å². The van der Waals surface area contributed by atoms with Crippen LogP contribution in [-0.4, -0.2) is 0 Å². The molecule has 0 aliphatic rings. The third-order valence-electron chi connectivity index (χ3n) is 6.22. The molecule has 5 rings (SSSR count). The Bertz CT molecular complexity index is 1490. The molecule has 166 valence electrons. The number of hydrogen-bond donors (Lipinski definition) is 0. The molecule has 0 aliphatic heterocycles. The zero-order valence-corrected chi connectivity index (χ0v) is 19.9. The highest BCUT2D eigenvalue weighted by molar-refractivity contribution is 6.13. The summed E-state index contributed by atoms with van der Waals surface area (Å²) in [7, 11) is 2.03. The smallest absolute Gasteiger partial charge is 0.216 e. The number of aromatic nitrogens is 1. The number of pyridine rings is 1. The lowest BCUT2D eigenvalue weighted by Gasteiger charge is -2.18. The molecular weight excluding hydrogens is 409 g/mol. The third kappa shape index (κ3) is 3.93. The van der Waals surface area contributed by atoms with Gasteiger partial charge in [-0.15, -0.1) is 0 Å². The van der Waals surface area contributed by atoms with E-state index in [2.05, 4.69) is 68.7 Å². The third-order valence-corrected chi connectivity index (χ3v) is 6.22. The van der Waals surface area contributed by atoms with E-state index in [0.717, 1.165) is 56.3 Å². The number of furan rings is 1. The predicted octanol–water partition coefficient (Wildman–Crippen LogP) is 7.78. The zero-order valence-electron chi connectivity index (χ0n) is 19.9. The molecule has 0 N–H and O–H groups in total. The molecule has 3 aromatic carbocycles. The van der Waals surface area contributed by atoms with Crippen molar-refractivity contribution >= 4 is 21.9 Å². The van der Waals surface area contributed by atoms with Gasteiger partial charge in [0.25, 0.3) is 0 Å². The number of rotatable bonds is 3. The van der Waals surface area contributed by atoms with Gasteiger partial charge in [0, 0.05) is 28.5 Å². The van der Waals surface area contributed by atoms with Gasteiger partial charge in [-0.2, -0.15) is 0 Å². The Hall–Kier alpha value is -3.46. The van der Waals surface area contributed by atoms with Crippen molar-refractivity contribution in [1.29, 1.82) is 0 Å². The molecular formula is C30H29FNO+. The van der Waals surface area contributed by atoms with Gasteiger partial charge in [0.1, 0.15) is 24.0 Å². The van der Waals surface area contributed by atoms with E-state index in [1.54, 1.807) is 12.1 Å². The van der Waals surface area contributed by atoms with Gasteiger partial charge in [-0.05, 0) is 53.6 Å². The molecule has 0 radical (unpaired) electrons. The average Bonchev–Trinajstić information content (AvgIpc) is 3.12. The Balaban J connectivity index is 1.74. The first-order valence-corrected chi connectivity index (χ1v) is 11.4. The van der Waals surface area contributed by atoms with Crippen molar-refractivity contribution in [3.8, 4) is 22.4 Å². The van der Waals surface area contributed by atoms with Crippen LogP contribution in [0.1, 0.15) is 31.9 Å². The minimum atomic E-state index is -0.258. The predicted molar refractivity (Wildman–Crippen MR) is 134 cm³/mol. The van der Waals surface area contributed by atoms with E-state index in [0.29, 0.717) is 0 Å². The number of hydrogen-bond acceptors (Lipinski definition) is 1. The molecule has 0 unspecified atom stereocenters. The largest absolute Gasteiger partial charge is 0.454 e. The normalized spacial score (nSPS) is 12.1. The fourth-order valence-electron chi connectivity index (χ4n) is 4.74. The molecule has 0 saturated carbocycles. The summed E-state index contributed by atoms with van der Waals surface area (Å²) in [6.45, 7) is 8.79. The van der Waals surface area contributed by atoms with E-state index in [4.69, 9.17) is 4.42 Å². The SMILES string of the molecule is Cc1ccc2c(oc3c(-c4ccc(CC(C)(C)C)cc4)cc(F)cc32)c1-c1cccc[n+]1C. The number of fused-ring (bicyclic) bond motifs is 3. The minimum Gasteiger partial charge on any atom is -0.454 e. The summed E-state index contributed by atoms with van der Waals surface area (Å²) < 4.78 is 23.4. The Morgan fingerprint density at radius 2 is 1.64 bits per heavy atom. The molecule has 0 fully saturated rings. The summed E-state index contributed by atoms with van der Waals surface area (Å²) in [6, 6.07) is 21.8. The Morgan fingerprint density at radius 3 is 2.33 bits per heavy atom. The number of aryl methyl sites for hydroxylation is 2. The lowest BCUT2D eigenvalue weighted by Crippen LogP contribution is -2.30. The second-order valence-electron chi connectivity index (χ2n) is 10.2. The van der Waals surface area contributed by atoms with Crippen molar-refractivity contribution in [2.45, 2.75) is 34.1 Å². The van der Waals surface area contributed by atoms with Gasteiger partial charge in [0.2, 0.25) is 5.69 Å². The highest BCUT2D eigenvalue weighted by Gasteiger charge is 2.22. The van der Waals surface area contributed by atoms with E-state index in [-0.39, 0.29) is 11.2 Å². The standard InChI is InChI=1S/C30H29FNO/c1-19-9-14-23-25-17-22(31)16-24(21-12-10-20(11-13-21)18-30(2,3)4)28(25)33-29(23)27(19)26-8-6-7-15-32(26)5/h6-17H,18H2,1-5H3/q+1. The van der Waals surface area contributed by atoms with Crippen LogP contribution in [0.15, 0.2) is 77.3 Å². The van der Waals surface area contributed by atoms with Crippen molar-refractivity contribution in [3.63, 3.8) is 0 Å². The molecule has 33 heavy (non-hydrogen) atoms. The highest BCUT2D eigenvalue weighted by atomic mass is 19.1. The second-order valence-corrected chi connectivity index (χ2v) is 10.2. The van der Waals surface area contributed by atoms with E-state index in [9.17, 15) is 4.39 Å². The number of benzene rings is 3. The maximum atomic E-state index is 14.8. The van der Waals surface area contributed by atoms with Crippen molar-refractivity contribution in [2.24, 2.45) is 12.5 Å². The van der Waals surface area contributed by atoms with Gasteiger partial charge in [-0.1, -0.05) is 57.2 Å². The maximum absolute atomic E-state index is 14.8. The minimum absolute atomic E-state index is 0.216. The fraction of sp³-hybridized carbons (Fsp3) is 0.233. The van der Waals surface area contributed by atoms with Crippen LogP contribution in [-0.2, 0) is 13.5 Å². The molecule has 2 nitrogen and oxygen atoms in total. The van der Waals surface area contributed by atoms with Gasteiger partial charge in [0.15, 0.2) is 6.20 Å². The van der Waals surface area contributed by atoms with Crippen LogP contribution < -0.4 is 4.57 Å². The van der Waals surface area contributed by atoms with Crippen LogP contribution in [0, 0.1) is 18.2 Å². The van der Waals surface area contributed by atoms with Crippen LogP contribution in [0.5, 0.6) is 0 Å². The van der Waals surface area contributed by atoms with E-state index < -0.39 is 0 Å². The first kappa shape index (κ1) is 21.4. The Kier molecular flexibility index (Phi) is 5.08. The maximum Gasteiger partial charge on any atom is 0.216 e. The fourth-order valence-corrected chi connectivity index (χ4v) is 4.74. The van der Waals surface area contributed by atoms with Crippen molar-refractivity contribution in [2.75, 3.05) is 0 Å². The first-order valence-electron chi connectivity index (χ1n) is 11.4. The quantitative estimate of drug-likeness (QED) is 0.263. The van der Waals surface area contributed by atoms with Gasteiger partial charge < -0.3 is 4.42 Å². The Labute approximate surface area is 194 Å². The topological polar surface area (TPSA) is 17.0 Å². The molecule has 0 spiro atoms. The molecule has 0 amide bonds. The summed E-state index contributed by atoms with van der Waals surface area (Å²) in [4.78, 5) is 0. The van der Waals surface area contributed by atoms with Crippen molar-refractivity contribution in [1.82, 2.24) is 0 Å². The summed E-state index contributed by atoms with van der Waals surface area (Å²) in [5, 5.41) is 1.73. The zero-order chi connectivity index (χ0) is 23.3. The molecule has 0 aliphatic carbocycles. The molecule has 0 saturated heterocycles. The van der Waals surface area contributed by atoms with Crippen LogP contribution in [0.25, 0.3) is 44.3 Å². The summed E-state index contributed by atoms with van der Waals surface area (Å²) in [6.07, 6.45) is 3.02. The molecule has 0 bridgehead atoms. The molecule has 0 atom stereocenters. The first-order chi connectivity index (χ1) is 15.7. The molecule has 2 aromatic heterocycles. The lowest BCUT2D eigenvalue weighted by molar-refractivity contribution is -0.660. The second kappa shape index (κ2) is 7.84. The Morgan fingerprint density at radius 1 is 0.879 bits per heavy atom.